The topological polar surface area (TPSA) is 12.4 Å². The number of nitrogens with zero attached hydrogens (tertiary/aromatic N) is 1. The molecule has 0 bridgehead atoms. The molecule has 0 saturated carbocycles. The molecule has 0 aliphatic heterocycles. The Morgan fingerprint density at radius 3 is 2.21 bits per heavy atom. The number of hydrogen-bond acceptors (Lipinski definition) is 1. The molecule has 1 nitrogen and oxygen atoms in total. The minimum atomic E-state index is 0.433. The third-order valence-corrected chi connectivity index (χ3v) is 4.20. The molecule has 0 atom stereocenters. The zero-order chi connectivity index (χ0) is 13.8. The average Bonchev–Trinajstić information content (AvgIpc) is 2.39. The summed E-state index contributed by atoms with van der Waals surface area (Å²) < 4.78 is 0. The van der Waals surface area contributed by atoms with Crippen LogP contribution in [0, 0.1) is 0 Å². The van der Waals surface area contributed by atoms with Crippen LogP contribution in [0.15, 0.2) is 41.4 Å². The van der Waals surface area contributed by atoms with Crippen LogP contribution in [0.1, 0.15) is 11.1 Å². The second kappa shape index (κ2) is 6.62. The van der Waals surface area contributed by atoms with E-state index < -0.39 is 0 Å². The lowest BCUT2D eigenvalue weighted by Gasteiger charge is -2.03. The van der Waals surface area contributed by atoms with E-state index in [0.29, 0.717) is 26.6 Å². The highest BCUT2D eigenvalue weighted by Gasteiger charge is 2.04. The molecule has 0 aliphatic carbocycles. The third-order valence-electron chi connectivity index (χ3n) is 2.51. The van der Waals surface area contributed by atoms with Crippen LogP contribution in [-0.4, -0.2) is 6.21 Å². The van der Waals surface area contributed by atoms with Crippen LogP contribution < -0.4 is 0 Å². The summed E-state index contributed by atoms with van der Waals surface area (Å²) in [5.74, 6) is 0. The number of benzene rings is 2. The minimum Gasteiger partial charge on any atom is -0.288 e. The van der Waals surface area contributed by atoms with Crippen molar-refractivity contribution in [2.45, 2.75) is 6.54 Å². The smallest absolute Gasteiger partial charge is 0.0679 e. The van der Waals surface area contributed by atoms with E-state index >= 15 is 0 Å². The van der Waals surface area contributed by atoms with Gasteiger partial charge in [0.25, 0.3) is 0 Å². The van der Waals surface area contributed by atoms with E-state index in [9.17, 15) is 0 Å². The summed E-state index contributed by atoms with van der Waals surface area (Å²) in [6.07, 6.45) is 1.67. The molecule has 0 amide bonds. The predicted molar refractivity (Wildman–Crippen MR) is 84.2 cm³/mol. The predicted octanol–water partition coefficient (Wildman–Crippen LogP) is 5.92. The molecule has 0 aliphatic rings. The zero-order valence-corrected chi connectivity index (χ0v) is 12.7. The summed E-state index contributed by atoms with van der Waals surface area (Å²) in [5.41, 5.74) is 1.64. The molecule has 0 unspecified atom stereocenters. The van der Waals surface area contributed by atoms with E-state index in [-0.39, 0.29) is 0 Å². The van der Waals surface area contributed by atoms with Gasteiger partial charge in [0, 0.05) is 11.8 Å². The van der Waals surface area contributed by atoms with Crippen LogP contribution in [0.25, 0.3) is 0 Å². The summed E-state index contributed by atoms with van der Waals surface area (Å²) in [6, 6.07) is 10.9. The molecule has 2 rings (SSSR count). The van der Waals surface area contributed by atoms with Gasteiger partial charge in [-0.05, 0) is 17.7 Å². The molecular formula is C14H9Cl4N. The normalized spacial score (nSPS) is 11.2. The zero-order valence-electron chi connectivity index (χ0n) is 9.71. The Balaban J connectivity index is 2.16. The van der Waals surface area contributed by atoms with Crippen LogP contribution in [0.4, 0.5) is 0 Å². The SMILES string of the molecule is Clc1cccc(C=NCc2cccc(Cl)c2Cl)c1Cl. The monoisotopic (exact) mass is 331 g/mol. The van der Waals surface area contributed by atoms with Crippen molar-refractivity contribution in [3.8, 4) is 0 Å². The first-order valence-corrected chi connectivity index (χ1v) is 6.97. The summed E-state index contributed by atoms with van der Waals surface area (Å²) in [5, 5.41) is 2.05. The fourth-order valence-electron chi connectivity index (χ4n) is 1.53. The Bertz CT molecular complexity index is 623. The largest absolute Gasteiger partial charge is 0.288 e. The van der Waals surface area contributed by atoms with Gasteiger partial charge in [0.15, 0.2) is 0 Å². The minimum absolute atomic E-state index is 0.433. The molecule has 5 heteroatoms. The van der Waals surface area contributed by atoms with Crippen LogP contribution in [0.5, 0.6) is 0 Å². The Hall–Kier alpha value is -0.730. The molecule has 2 aromatic rings. The Kier molecular flexibility index (Phi) is 5.12. The van der Waals surface area contributed by atoms with Crippen LogP contribution in [0.3, 0.4) is 0 Å². The maximum absolute atomic E-state index is 6.08. The maximum atomic E-state index is 6.08. The van der Waals surface area contributed by atoms with Gasteiger partial charge >= 0.3 is 0 Å². The molecule has 0 spiro atoms. The van der Waals surface area contributed by atoms with Crippen molar-refractivity contribution in [2.75, 3.05) is 0 Å². The standard InChI is InChI=1S/C14H9Cl4N/c15-11-5-1-3-9(13(11)17)7-19-8-10-4-2-6-12(16)14(10)18/h1-7H,8H2. The fourth-order valence-corrected chi connectivity index (χ4v) is 2.27. The Labute approximate surface area is 131 Å². The number of aliphatic imine (C=N–C) groups is 1. The van der Waals surface area contributed by atoms with Gasteiger partial charge in [0.05, 0.1) is 26.6 Å². The first kappa shape index (κ1) is 14.7. The van der Waals surface area contributed by atoms with Crippen molar-refractivity contribution in [1.29, 1.82) is 0 Å². The van der Waals surface area contributed by atoms with E-state index in [1.165, 1.54) is 0 Å². The van der Waals surface area contributed by atoms with Crippen LogP contribution in [-0.2, 0) is 6.54 Å². The van der Waals surface area contributed by atoms with Crippen LogP contribution in [0.2, 0.25) is 20.1 Å². The van der Waals surface area contributed by atoms with Gasteiger partial charge in [-0.2, -0.15) is 0 Å². The van der Waals surface area contributed by atoms with Gasteiger partial charge in [-0.15, -0.1) is 0 Å². The van der Waals surface area contributed by atoms with E-state index in [1.54, 1.807) is 18.3 Å². The van der Waals surface area contributed by atoms with E-state index in [2.05, 4.69) is 4.99 Å². The lowest BCUT2D eigenvalue weighted by molar-refractivity contribution is 1.08. The first-order valence-electron chi connectivity index (χ1n) is 5.46. The Morgan fingerprint density at radius 1 is 0.842 bits per heavy atom. The molecule has 0 saturated heterocycles. The van der Waals surface area contributed by atoms with Crippen LogP contribution >= 0.6 is 46.4 Å². The van der Waals surface area contributed by atoms with E-state index in [1.807, 2.05) is 24.3 Å². The van der Waals surface area contributed by atoms with Crippen molar-refractivity contribution < 1.29 is 0 Å². The van der Waals surface area contributed by atoms with Crippen molar-refractivity contribution in [3.05, 3.63) is 67.6 Å². The summed E-state index contributed by atoms with van der Waals surface area (Å²) >= 11 is 24.0. The molecule has 0 radical (unpaired) electrons. The summed E-state index contributed by atoms with van der Waals surface area (Å²) in [6.45, 7) is 0.433. The summed E-state index contributed by atoms with van der Waals surface area (Å²) in [4.78, 5) is 4.30. The molecule has 98 valence electrons. The van der Waals surface area contributed by atoms with E-state index in [0.717, 1.165) is 11.1 Å². The van der Waals surface area contributed by atoms with Gasteiger partial charge in [0.1, 0.15) is 0 Å². The number of hydrogen-bond donors (Lipinski definition) is 0. The van der Waals surface area contributed by atoms with Gasteiger partial charge in [-0.3, -0.25) is 4.99 Å². The van der Waals surface area contributed by atoms with Gasteiger partial charge in [-0.1, -0.05) is 70.7 Å². The van der Waals surface area contributed by atoms with Crippen molar-refractivity contribution in [1.82, 2.24) is 0 Å². The second-order valence-electron chi connectivity index (χ2n) is 3.83. The highest BCUT2D eigenvalue weighted by atomic mass is 35.5. The number of rotatable bonds is 3. The number of halogens is 4. The molecule has 2 aromatic carbocycles. The average molecular weight is 333 g/mol. The molecular weight excluding hydrogens is 324 g/mol. The first-order chi connectivity index (χ1) is 9.09. The molecule has 0 N–H and O–H groups in total. The third kappa shape index (κ3) is 3.64. The van der Waals surface area contributed by atoms with E-state index in [4.69, 9.17) is 46.4 Å². The highest BCUT2D eigenvalue weighted by molar-refractivity contribution is 6.43. The van der Waals surface area contributed by atoms with Crippen molar-refractivity contribution in [3.63, 3.8) is 0 Å². The lowest BCUT2D eigenvalue weighted by Crippen LogP contribution is -1.88. The molecule has 0 heterocycles. The molecule has 0 fully saturated rings. The molecule has 0 aromatic heterocycles. The van der Waals surface area contributed by atoms with Crippen molar-refractivity contribution in [2.24, 2.45) is 4.99 Å². The van der Waals surface area contributed by atoms with Crippen molar-refractivity contribution >= 4 is 52.6 Å². The maximum Gasteiger partial charge on any atom is 0.0679 e. The van der Waals surface area contributed by atoms with Gasteiger partial charge in [0.2, 0.25) is 0 Å². The fraction of sp³-hybridized carbons (Fsp3) is 0.0714. The summed E-state index contributed by atoms with van der Waals surface area (Å²) in [7, 11) is 0. The van der Waals surface area contributed by atoms with Gasteiger partial charge < -0.3 is 0 Å². The van der Waals surface area contributed by atoms with Gasteiger partial charge in [-0.25, -0.2) is 0 Å². The highest BCUT2D eigenvalue weighted by Crippen LogP contribution is 2.27. The second-order valence-corrected chi connectivity index (χ2v) is 5.40. The molecule has 19 heavy (non-hydrogen) atoms. The Morgan fingerprint density at radius 2 is 1.47 bits per heavy atom. The lowest BCUT2D eigenvalue weighted by atomic mass is 10.2. The quantitative estimate of drug-likeness (QED) is 0.618.